The van der Waals surface area contributed by atoms with Crippen LogP contribution in [0, 0.1) is 0 Å². The maximum absolute atomic E-state index is 11.7. The standard InChI is InChI=1S/C10H9Cl2NO/c11-6-4-7(12)10-8(5-6)13-3-1-2-9(10)14/h4-5,13H,1-3H2. The summed E-state index contributed by atoms with van der Waals surface area (Å²) in [4.78, 5) is 11.7. The van der Waals surface area contributed by atoms with Gasteiger partial charge in [-0.05, 0) is 18.6 Å². The minimum Gasteiger partial charge on any atom is -0.384 e. The van der Waals surface area contributed by atoms with E-state index in [9.17, 15) is 4.79 Å². The Morgan fingerprint density at radius 1 is 1.29 bits per heavy atom. The molecule has 74 valence electrons. The highest BCUT2D eigenvalue weighted by atomic mass is 35.5. The maximum atomic E-state index is 11.7. The average Bonchev–Trinajstić information content (AvgIpc) is 2.27. The number of benzene rings is 1. The van der Waals surface area contributed by atoms with Crippen molar-refractivity contribution in [3.05, 3.63) is 27.7 Å². The molecule has 0 aromatic heterocycles. The molecule has 0 atom stereocenters. The van der Waals surface area contributed by atoms with Crippen molar-refractivity contribution >= 4 is 34.7 Å². The minimum absolute atomic E-state index is 0.0895. The second kappa shape index (κ2) is 3.79. The van der Waals surface area contributed by atoms with Crippen molar-refractivity contribution < 1.29 is 4.79 Å². The van der Waals surface area contributed by atoms with E-state index < -0.39 is 0 Å². The van der Waals surface area contributed by atoms with E-state index in [1.807, 2.05) is 0 Å². The van der Waals surface area contributed by atoms with Gasteiger partial charge in [-0.3, -0.25) is 4.79 Å². The highest BCUT2D eigenvalue weighted by molar-refractivity contribution is 6.37. The Morgan fingerprint density at radius 3 is 2.86 bits per heavy atom. The molecule has 0 aliphatic carbocycles. The van der Waals surface area contributed by atoms with Crippen molar-refractivity contribution in [2.45, 2.75) is 12.8 Å². The fraction of sp³-hybridized carbons (Fsp3) is 0.300. The average molecular weight is 230 g/mol. The summed E-state index contributed by atoms with van der Waals surface area (Å²) in [6.07, 6.45) is 1.38. The molecule has 14 heavy (non-hydrogen) atoms. The van der Waals surface area contributed by atoms with Gasteiger partial charge in [-0.1, -0.05) is 23.2 Å². The molecule has 4 heteroatoms. The highest BCUT2D eigenvalue weighted by Gasteiger charge is 2.18. The number of ketones is 1. The highest BCUT2D eigenvalue weighted by Crippen LogP contribution is 2.31. The molecule has 0 fully saturated rings. The molecule has 1 heterocycles. The molecular formula is C10H9Cl2NO. The van der Waals surface area contributed by atoms with Crippen LogP contribution in [0.2, 0.25) is 10.0 Å². The van der Waals surface area contributed by atoms with Crippen LogP contribution in [-0.4, -0.2) is 12.3 Å². The van der Waals surface area contributed by atoms with Gasteiger partial charge < -0.3 is 5.32 Å². The Bertz CT molecular complexity index is 390. The number of hydrogen-bond donors (Lipinski definition) is 1. The largest absolute Gasteiger partial charge is 0.384 e. The predicted octanol–water partition coefficient (Wildman–Crippen LogP) is 3.38. The fourth-order valence-electron chi connectivity index (χ4n) is 1.59. The first kappa shape index (κ1) is 9.81. The third-order valence-electron chi connectivity index (χ3n) is 2.23. The number of fused-ring (bicyclic) bond motifs is 1. The van der Waals surface area contributed by atoms with Gasteiger partial charge in [0.15, 0.2) is 5.78 Å². The van der Waals surface area contributed by atoms with Gasteiger partial charge in [0, 0.05) is 23.7 Å². The van der Waals surface area contributed by atoms with Gasteiger partial charge in [-0.2, -0.15) is 0 Å². The van der Waals surface area contributed by atoms with Crippen molar-refractivity contribution in [1.82, 2.24) is 0 Å². The van der Waals surface area contributed by atoms with Gasteiger partial charge >= 0.3 is 0 Å². The number of anilines is 1. The lowest BCUT2D eigenvalue weighted by atomic mass is 10.1. The first-order chi connectivity index (χ1) is 6.68. The third kappa shape index (κ3) is 1.72. The Hall–Kier alpha value is -0.730. The van der Waals surface area contributed by atoms with E-state index in [1.165, 1.54) is 0 Å². The summed E-state index contributed by atoms with van der Waals surface area (Å²) in [6, 6.07) is 3.35. The van der Waals surface area contributed by atoms with Crippen LogP contribution in [0.5, 0.6) is 0 Å². The number of Topliss-reactive ketones (excluding diaryl/α,β-unsaturated/α-hetero) is 1. The van der Waals surface area contributed by atoms with E-state index in [4.69, 9.17) is 23.2 Å². The second-order valence-corrected chi connectivity index (χ2v) is 4.11. The van der Waals surface area contributed by atoms with Crippen LogP contribution < -0.4 is 5.32 Å². The van der Waals surface area contributed by atoms with Gasteiger partial charge in [-0.25, -0.2) is 0 Å². The minimum atomic E-state index is 0.0895. The molecule has 0 unspecified atom stereocenters. The van der Waals surface area contributed by atoms with Crippen molar-refractivity contribution in [2.24, 2.45) is 0 Å². The number of hydrogen-bond acceptors (Lipinski definition) is 2. The summed E-state index contributed by atoms with van der Waals surface area (Å²) in [7, 11) is 0. The van der Waals surface area contributed by atoms with E-state index in [0.717, 1.165) is 18.7 Å². The van der Waals surface area contributed by atoms with Crippen LogP contribution in [0.25, 0.3) is 0 Å². The topological polar surface area (TPSA) is 29.1 Å². The number of nitrogens with one attached hydrogen (secondary N) is 1. The zero-order valence-electron chi connectivity index (χ0n) is 7.44. The molecule has 1 N–H and O–H groups in total. The van der Waals surface area contributed by atoms with Crippen LogP contribution in [0.1, 0.15) is 23.2 Å². The maximum Gasteiger partial charge on any atom is 0.166 e. The summed E-state index contributed by atoms with van der Waals surface area (Å²) < 4.78 is 0. The van der Waals surface area contributed by atoms with E-state index in [-0.39, 0.29) is 5.78 Å². The molecule has 1 aromatic carbocycles. The van der Waals surface area contributed by atoms with Crippen LogP contribution >= 0.6 is 23.2 Å². The zero-order chi connectivity index (χ0) is 10.1. The van der Waals surface area contributed by atoms with Gasteiger partial charge in [0.25, 0.3) is 0 Å². The van der Waals surface area contributed by atoms with E-state index in [1.54, 1.807) is 12.1 Å². The van der Waals surface area contributed by atoms with Crippen molar-refractivity contribution in [2.75, 3.05) is 11.9 Å². The summed E-state index contributed by atoms with van der Waals surface area (Å²) in [6.45, 7) is 0.787. The molecule has 0 saturated carbocycles. The predicted molar refractivity (Wildman–Crippen MR) is 58.5 cm³/mol. The molecule has 1 aliphatic heterocycles. The molecule has 2 rings (SSSR count). The first-order valence-corrected chi connectivity index (χ1v) is 5.20. The van der Waals surface area contributed by atoms with Crippen molar-refractivity contribution in [3.63, 3.8) is 0 Å². The second-order valence-electron chi connectivity index (χ2n) is 3.26. The van der Waals surface area contributed by atoms with Crippen LogP contribution in [-0.2, 0) is 0 Å². The lowest BCUT2D eigenvalue weighted by Gasteiger charge is -2.08. The summed E-state index contributed by atoms with van der Waals surface area (Å²) in [5.41, 5.74) is 1.33. The van der Waals surface area contributed by atoms with Gasteiger partial charge in [-0.15, -0.1) is 0 Å². The molecular weight excluding hydrogens is 221 g/mol. The molecule has 0 bridgehead atoms. The van der Waals surface area contributed by atoms with Crippen LogP contribution in [0.4, 0.5) is 5.69 Å². The first-order valence-electron chi connectivity index (χ1n) is 4.44. The molecule has 0 saturated heterocycles. The quantitative estimate of drug-likeness (QED) is 0.740. The van der Waals surface area contributed by atoms with Gasteiger partial charge in [0.05, 0.1) is 10.6 Å². The molecule has 1 aromatic rings. The number of rotatable bonds is 0. The van der Waals surface area contributed by atoms with Crippen LogP contribution in [0.15, 0.2) is 12.1 Å². The molecule has 0 radical (unpaired) electrons. The van der Waals surface area contributed by atoms with E-state index >= 15 is 0 Å². The summed E-state index contributed by atoms with van der Waals surface area (Å²) in [5.74, 6) is 0.0895. The lowest BCUT2D eigenvalue weighted by Crippen LogP contribution is -2.01. The summed E-state index contributed by atoms with van der Waals surface area (Å²) >= 11 is 11.8. The number of halogens is 2. The van der Waals surface area contributed by atoms with E-state index in [2.05, 4.69) is 5.32 Å². The van der Waals surface area contributed by atoms with Gasteiger partial charge in [0.2, 0.25) is 0 Å². The summed E-state index contributed by atoms with van der Waals surface area (Å²) in [5, 5.41) is 4.14. The zero-order valence-corrected chi connectivity index (χ0v) is 8.95. The van der Waals surface area contributed by atoms with Crippen molar-refractivity contribution in [1.29, 1.82) is 0 Å². The third-order valence-corrected chi connectivity index (χ3v) is 2.75. The number of carbonyl (C=O) groups is 1. The SMILES string of the molecule is O=C1CCCNc2cc(Cl)cc(Cl)c21. The number of carbonyl (C=O) groups excluding carboxylic acids is 1. The lowest BCUT2D eigenvalue weighted by molar-refractivity contribution is 0.0984. The molecule has 2 nitrogen and oxygen atoms in total. The fourth-order valence-corrected chi connectivity index (χ4v) is 2.19. The Morgan fingerprint density at radius 2 is 2.07 bits per heavy atom. The normalized spacial score (nSPS) is 15.7. The monoisotopic (exact) mass is 229 g/mol. The molecule has 1 aliphatic rings. The van der Waals surface area contributed by atoms with Gasteiger partial charge in [0.1, 0.15) is 0 Å². The molecule has 0 spiro atoms. The Kier molecular flexibility index (Phi) is 2.66. The van der Waals surface area contributed by atoms with Crippen LogP contribution in [0.3, 0.4) is 0 Å². The smallest absolute Gasteiger partial charge is 0.166 e. The Labute approximate surface area is 92.2 Å². The Balaban J connectivity index is 2.58. The molecule has 0 amide bonds. The van der Waals surface area contributed by atoms with Crippen molar-refractivity contribution in [3.8, 4) is 0 Å². The van der Waals surface area contributed by atoms with E-state index in [0.29, 0.717) is 22.0 Å².